The number of nitrogens with one attached hydrogen (secondary N) is 1. The minimum atomic E-state index is -0.450. The number of carbonyl (C=O) groups excluding carboxylic acids is 1. The van der Waals surface area contributed by atoms with Crippen LogP contribution < -0.4 is 5.32 Å². The molecule has 0 fully saturated rings. The lowest BCUT2D eigenvalue weighted by Crippen LogP contribution is -2.13. The molecule has 2 aromatic rings. The maximum absolute atomic E-state index is 12.3. The Morgan fingerprint density at radius 1 is 1.50 bits per heavy atom. The van der Waals surface area contributed by atoms with E-state index in [0.29, 0.717) is 11.7 Å². The number of amides is 1. The van der Waals surface area contributed by atoms with E-state index < -0.39 is 5.91 Å². The van der Waals surface area contributed by atoms with E-state index in [1.54, 1.807) is 19.4 Å². The van der Waals surface area contributed by atoms with Gasteiger partial charge in [0.05, 0.1) is 6.61 Å². The quantitative estimate of drug-likeness (QED) is 0.645. The molecule has 0 aliphatic rings. The van der Waals surface area contributed by atoms with Crippen LogP contribution in [0.2, 0.25) is 0 Å². The fraction of sp³-hybridized carbons (Fsp3) is 0.353. The number of aromatic nitrogens is 2. The molecule has 0 aliphatic heterocycles. The normalized spacial score (nSPS) is 11.4. The van der Waals surface area contributed by atoms with Crippen molar-refractivity contribution in [3.05, 3.63) is 39.7 Å². The second-order valence-electron chi connectivity index (χ2n) is 5.37. The SMILES string of the molecule is COCCn1c(C)cc(/C=C(\C#N)C(=O)Nc2ncc(C)s2)c1C. The van der Waals surface area contributed by atoms with Crippen molar-refractivity contribution >= 4 is 28.5 Å². The number of methoxy groups -OCH3 is 1. The molecule has 6 nitrogen and oxygen atoms in total. The molecular weight excluding hydrogens is 324 g/mol. The maximum Gasteiger partial charge on any atom is 0.268 e. The molecule has 7 heteroatoms. The highest BCUT2D eigenvalue weighted by Crippen LogP contribution is 2.20. The third-order valence-electron chi connectivity index (χ3n) is 3.64. The summed E-state index contributed by atoms with van der Waals surface area (Å²) < 4.78 is 7.22. The van der Waals surface area contributed by atoms with Gasteiger partial charge in [0.15, 0.2) is 5.13 Å². The lowest BCUT2D eigenvalue weighted by Gasteiger charge is -2.08. The number of anilines is 1. The molecule has 0 saturated heterocycles. The molecule has 0 unspecified atom stereocenters. The first-order chi connectivity index (χ1) is 11.5. The number of thiazole rings is 1. The van der Waals surface area contributed by atoms with Gasteiger partial charge in [0, 0.05) is 36.1 Å². The van der Waals surface area contributed by atoms with Gasteiger partial charge in [0.25, 0.3) is 5.91 Å². The number of rotatable bonds is 6. The van der Waals surface area contributed by atoms with Crippen LogP contribution in [0.5, 0.6) is 0 Å². The number of aryl methyl sites for hydroxylation is 2. The van der Waals surface area contributed by atoms with Crippen molar-refractivity contribution in [3.63, 3.8) is 0 Å². The maximum atomic E-state index is 12.3. The predicted molar refractivity (Wildman–Crippen MR) is 94.9 cm³/mol. The molecule has 0 spiro atoms. The zero-order valence-electron chi connectivity index (χ0n) is 14.2. The van der Waals surface area contributed by atoms with Crippen LogP contribution in [0.25, 0.3) is 6.08 Å². The van der Waals surface area contributed by atoms with E-state index in [1.807, 2.05) is 32.9 Å². The second-order valence-corrected chi connectivity index (χ2v) is 6.61. The first kappa shape index (κ1) is 17.9. The first-order valence-electron chi connectivity index (χ1n) is 7.47. The number of carbonyl (C=O) groups is 1. The lowest BCUT2D eigenvalue weighted by molar-refractivity contribution is -0.112. The molecule has 2 rings (SSSR count). The Morgan fingerprint density at radius 3 is 2.83 bits per heavy atom. The first-order valence-corrected chi connectivity index (χ1v) is 8.29. The largest absolute Gasteiger partial charge is 0.383 e. The van der Waals surface area contributed by atoms with Gasteiger partial charge in [-0.05, 0) is 38.5 Å². The summed E-state index contributed by atoms with van der Waals surface area (Å²) in [6.45, 7) is 7.20. The molecule has 126 valence electrons. The Hall–Kier alpha value is -2.43. The van der Waals surface area contributed by atoms with Crippen molar-refractivity contribution in [3.8, 4) is 6.07 Å². The van der Waals surface area contributed by atoms with E-state index >= 15 is 0 Å². The van der Waals surface area contributed by atoms with E-state index in [9.17, 15) is 10.1 Å². The molecule has 0 aliphatic carbocycles. The summed E-state index contributed by atoms with van der Waals surface area (Å²) in [4.78, 5) is 17.3. The van der Waals surface area contributed by atoms with Gasteiger partial charge >= 0.3 is 0 Å². The number of hydrogen-bond acceptors (Lipinski definition) is 5. The van der Waals surface area contributed by atoms with Gasteiger partial charge in [-0.2, -0.15) is 5.26 Å². The zero-order chi connectivity index (χ0) is 17.7. The summed E-state index contributed by atoms with van der Waals surface area (Å²) in [6.07, 6.45) is 3.29. The Bertz CT molecular complexity index is 811. The monoisotopic (exact) mass is 344 g/mol. The average molecular weight is 344 g/mol. The highest BCUT2D eigenvalue weighted by atomic mass is 32.1. The molecule has 2 aromatic heterocycles. The topological polar surface area (TPSA) is 79.9 Å². The minimum Gasteiger partial charge on any atom is -0.383 e. The van der Waals surface area contributed by atoms with Gasteiger partial charge < -0.3 is 9.30 Å². The van der Waals surface area contributed by atoms with Crippen LogP contribution in [0.1, 0.15) is 21.8 Å². The highest BCUT2D eigenvalue weighted by Gasteiger charge is 2.14. The zero-order valence-corrected chi connectivity index (χ0v) is 15.0. The second kappa shape index (κ2) is 7.90. The number of nitriles is 1. The van der Waals surface area contributed by atoms with Gasteiger partial charge in [0.2, 0.25) is 0 Å². The van der Waals surface area contributed by atoms with Gasteiger partial charge in [-0.3, -0.25) is 10.1 Å². The molecule has 0 aromatic carbocycles. The van der Waals surface area contributed by atoms with Gasteiger partial charge in [-0.25, -0.2) is 4.98 Å². The summed E-state index contributed by atoms with van der Waals surface area (Å²) >= 11 is 1.37. The van der Waals surface area contributed by atoms with Crippen LogP contribution in [0.4, 0.5) is 5.13 Å². The van der Waals surface area contributed by atoms with E-state index in [4.69, 9.17) is 4.74 Å². The number of ether oxygens (including phenoxy) is 1. The van der Waals surface area contributed by atoms with E-state index in [2.05, 4.69) is 14.9 Å². The molecule has 0 saturated carbocycles. The van der Waals surface area contributed by atoms with E-state index in [1.165, 1.54) is 11.3 Å². The highest BCUT2D eigenvalue weighted by molar-refractivity contribution is 7.15. The van der Waals surface area contributed by atoms with Crippen molar-refractivity contribution < 1.29 is 9.53 Å². The van der Waals surface area contributed by atoms with Crippen LogP contribution in [0.15, 0.2) is 17.8 Å². The molecule has 0 radical (unpaired) electrons. The lowest BCUT2D eigenvalue weighted by atomic mass is 10.1. The molecule has 0 atom stereocenters. The van der Waals surface area contributed by atoms with Gasteiger partial charge in [-0.1, -0.05) is 0 Å². The van der Waals surface area contributed by atoms with E-state index in [-0.39, 0.29) is 5.57 Å². The third-order valence-corrected chi connectivity index (χ3v) is 4.47. The van der Waals surface area contributed by atoms with Gasteiger partial charge in [-0.15, -0.1) is 11.3 Å². The molecular formula is C17H20N4O2S. The average Bonchev–Trinajstić information content (AvgIpc) is 3.06. The smallest absolute Gasteiger partial charge is 0.268 e. The third kappa shape index (κ3) is 4.10. The van der Waals surface area contributed by atoms with Crippen LogP contribution in [0, 0.1) is 32.1 Å². The molecule has 1 N–H and O–H groups in total. The van der Waals surface area contributed by atoms with Crippen molar-refractivity contribution in [2.75, 3.05) is 19.0 Å². The van der Waals surface area contributed by atoms with Crippen LogP contribution in [0.3, 0.4) is 0 Å². The summed E-state index contributed by atoms with van der Waals surface area (Å²) in [7, 11) is 1.66. The fourth-order valence-electron chi connectivity index (χ4n) is 2.38. The molecule has 24 heavy (non-hydrogen) atoms. The van der Waals surface area contributed by atoms with Gasteiger partial charge in [0.1, 0.15) is 11.6 Å². The standard InChI is InChI=1S/C17H20N4O2S/c1-11-7-14(13(3)21(11)5-6-23-4)8-15(9-18)16(22)20-17-19-10-12(2)24-17/h7-8,10H,5-6H2,1-4H3,(H,19,20,22)/b15-8+. The number of nitrogens with zero attached hydrogens (tertiary/aromatic N) is 3. The Morgan fingerprint density at radius 2 is 2.25 bits per heavy atom. The fourth-order valence-corrected chi connectivity index (χ4v) is 3.04. The van der Waals surface area contributed by atoms with E-state index in [0.717, 1.165) is 28.4 Å². The summed E-state index contributed by atoms with van der Waals surface area (Å²) in [5.74, 6) is -0.450. The Labute approximate surface area is 145 Å². The van der Waals surface area contributed by atoms with Crippen LogP contribution >= 0.6 is 11.3 Å². The van der Waals surface area contributed by atoms with Crippen molar-refractivity contribution in [2.45, 2.75) is 27.3 Å². The Balaban J connectivity index is 2.24. The molecule has 2 heterocycles. The summed E-state index contributed by atoms with van der Waals surface area (Å²) in [5.41, 5.74) is 2.96. The minimum absolute atomic E-state index is 0.0508. The molecule has 1 amide bonds. The van der Waals surface area contributed by atoms with Crippen LogP contribution in [-0.2, 0) is 16.1 Å². The molecule has 0 bridgehead atoms. The van der Waals surface area contributed by atoms with Crippen molar-refractivity contribution in [2.24, 2.45) is 0 Å². The van der Waals surface area contributed by atoms with Crippen LogP contribution in [-0.4, -0.2) is 29.2 Å². The number of hydrogen-bond donors (Lipinski definition) is 1. The summed E-state index contributed by atoms with van der Waals surface area (Å²) in [6, 6.07) is 3.93. The predicted octanol–water partition coefficient (Wildman–Crippen LogP) is 3.06. The summed E-state index contributed by atoms with van der Waals surface area (Å²) in [5, 5.41) is 12.5. The Kier molecular flexibility index (Phi) is 5.90. The van der Waals surface area contributed by atoms with Crippen molar-refractivity contribution in [1.82, 2.24) is 9.55 Å². The van der Waals surface area contributed by atoms with Crippen molar-refractivity contribution in [1.29, 1.82) is 5.26 Å².